The van der Waals surface area contributed by atoms with Gasteiger partial charge in [0.2, 0.25) is 0 Å². The van der Waals surface area contributed by atoms with Crippen molar-refractivity contribution in [3.63, 3.8) is 0 Å². The maximum atomic E-state index is 12.9. The van der Waals surface area contributed by atoms with E-state index in [4.69, 9.17) is 10.5 Å². The average molecular weight is 453 g/mol. The molecule has 1 aromatic heterocycles. The van der Waals surface area contributed by atoms with Gasteiger partial charge in [0, 0.05) is 12.2 Å². The quantitative estimate of drug-likeness (QED) is 0.406. The number of primary amides is 1. The molecule has 1 heterocycles. The van der Waals surface area contributed by atoms with E-state index in [9.17, 15) is 19.5 Å². The lowest BCUT2D eigenvalue weighted by Gasteiger charge is -2.19. The Balaban J connectivity index is 0.00000187. The number of carboxylic acid groups (broad SMARTS) is 1. The Hall–Kier alpha value is -3.61. The molecule has 0 saturated heterocycles. The minimum absolute atomic E-state index is 0.150. The van der Waals surface area contributed by atoms with Crippen LogP contribution in [0.25, 0.3) is 10.9 Å². The van der Waals surface area contributed by atoms with Crippen LogP contribution in [0.1, 0.15) is 59.1 Å². The standard InChI is InChI=1S/C24H26N2O5.C2H6/c1-12-13(2)20-19(22(14(12)3)31-16(5)24(29)30)18(21(27)23(25)28)15(4)26(20)11-17-9-7-6-8-10-17;1-2/h6-10,16H,11H2,1-5H3,(H2,25,28)(H,29,30);1-2H3. The molecule has 1 amide bonds. The zero-order valence-corrected chi connectivity index (χ0v) is 20.3. The molecule has 0 aliphatic rings. The van der Waals surface area contributed by atoms with Crippen LogP contribution in [0, 0.1) is 27.7 Å². The summed E-state index contributed by atoms with van der Waals surface area (Å²) in [6.45, 7) is 13.3. The Morgan fingerprint density at radius 1 is 1.00 bits per heavy atom. The second-order valence-electron chi connectivity index (χ2n) is 7.75. The maximum absolute atomic E-state index is 12.9. The smallest absolute Gasteiger partial charge is 0.344 e. The summed E-state index contributed by atoms with van der Waals surface area (Å²) in [6.07, 6.45) is -1.14. The number of fused-ring (bicyclic) bond motifs is 1. The number of hydrogen-bond acceptors (Lipinski definition) is 4. The fourth-order valence-corrected chi connectivity index (χ4v) is 3.90. The molecule has 0 aliphatic carbocycles. The molecule has 0 radical (unpaired) electrons. The lowest BCUT2D eigenvalue weighted by Crippen LogP contribution is -2.25. The molecule has 3 rings (SSSR count). The van der Waals surface area contributed by atoms with Crippen molar-refractivity contribution < 1.29 is 24.2 Å². The van der Waals surface area contributed by atoms with Gasteiger partial charge in [-0.05, 0) is 56.9 Å². The molecule has 0 bridgehead atoms. The number of benzene rings is 2. The normalized spacial score (nSPS) is 11.5. The lowest BCUT2D eigenvalue weighted by molar-refractivity contribution is -0.144. The summed E-state index contributed by atoms with van der Waals surface area (Å²) in [5.41, 5.74) is 10.4. The molecular weight excluding hydrogens is 420 g/mol. The first-order valence-electron chi connectivity index (χ1n) is 11.0. The van der Waals surface area contributed by atoms with Gasteiger partial charge in [-0.3, -0.25) is 9.59 Å². The molecule has 3 N–H and O–H groups in total. The number of rotatable bonds is 7. The highest BCUT2D eigenvalue weighted by molar-refractivity contribution is 6.45. The van der Waals surface area contributed by atoms with E-state index in [0.29, 0.717) is 23.2 Å². The predicted octanol–water partition coefficient (Wildman–Crippen LogP) is 4.47. The number of nitrogens with zero attached hydrogens (tertiary/aromatic N) is 1. The zero-order valence-electron chi connectivity index (χ0n) is 20.3. The van der Waals surface area contributed by atoms with Gasteiger partial charge in [0.25, 0.3) is 11.7 Å². The number of aliphatic carboxylic acids is 1. The van der Waals surface area contributed by atoms with Crippen molar-refractivity contribution in [2.24, 2.45) is 5.73 Å². The van der Waals surface area contributed by atoms with E-state index in [1.54, 1.807) is 6.92 Å². The van der Waals surface area contributed by atoms with Gasteiger partial charge in [-0.15, -0.1) is 0 Å². The molecule has 1 atom stereocenters. The fraction of sp³-hybridized carbons (Fsp3) is 0.346. The minimum atomic E-state index is -1.14. The number of carbonyl (C=O) groups excluding carboxylic acids is 2. The van der Waals surface area contributed by atoms with Crippen LogP contribution in [-0.2, 0) is 16.1 Å². The van der Waals surface area contributed by atoms with Crippen LogP contribution in [0.5, 0.6) is 5.75 Å². The topological polar surface area (TPSA) is 112 Å². The summed E-state index contributed by atoms with van der Waals surface area (Å²) in [4.78, 5) is 36.2. The van der Waals surface area contributed by atoms with Crippen LogP contribution in [-0.4, -0.2) is 33.4 Å². The highest BCUT2D eigenvalue weighted by Crippen LogP contribution is 2.41. The lowest BCUT2D eigenvalue weighted by atomic mass is 9.96. The van der Waals surface area contributed by atoms with Gasteiger partial charge in [0.15, 0.2) is 6.10 Å². The molecule has 7 heteroatoms. The molecular formula is C26H32N2O5. The van der Waals surface area contributed by atoms with Gasteiger partial charge in [-0.2, -0.15) is 0 Å². The van der Waals surface area contributed by atoms with E-state index < -0.39 is 23.8 Å². The number of aromatic nitrogens is 1. The summed E-state index contributed by atoms with van der Waals surface area (Å²) >= 11 is 0. The van der Waals surface area contributed by atoms with E-state index >= 15 is 0 Å². The zero-order chi connectivity index (χ0) is 25.0. The van der Waals surface area contributed by atoms with Gasteiger partial charge in [-0.25, -0.2) is 4.79 Å². The Morgan fingerprint density at radius 3 is 2.09 bits per heavy atom. The van der Waals surface area contributed by atoms with E-state index in [0.717, 1.165) is 22.2 Å². The molecule has 0 fully saturated rings. The second-order valence-corrected chi connectivity index (χ2v) is 7.75. The Bertz CT molecular complexity index is 1210. The monoisotopic (exact) mass is 452 g/mol. The molecule has 33 heavy (non-hydrogen) atoms. The highest BCUT2D eigenvalue weighted by atomic mass is 16.5. The number of ether oxygens (including phenoxy) is 1. The third-order valence-electron chi connectivity index (χ3n) is 5.85. The number of carboxylic acids is 1. The van der Waals surface area contributed by atoms with Crippen molar-refractivity contribution in [1.29, 1.82) is 0 Å². The highest BCUT2D eigenvalue weighted by Gasteiger charge is 2.30. The van der Waals surface area contributed by atoms with Crippen LogP contribution in [0.15, 0.2) is 30.3 Å². The first-order chi connectivity index (χ1) is 15.6. The van der Waals surface area contributed by atoms with Crippen molar-refractivity contribution in [2.75, 3.05) is 0 Å². The summed E-state index contributed by atoms with van der Waals surface area (Å²) < 4.78 is 7.79. The second kappa shape index (κ2) is 10.3. The van der Waals surface area contributed by atoms with Gasteiger partial charge in [0.1, 0.15) is 5.75 Å². The molecule has 3 aromatic rings. The van der Waals surface area contributed by atoms with Crippen molar-refractivity contribution in [1.82, 2.24) is 4.57 Å². The number of nitrogens with two attached hydrogens (primary N) is 1. The molecule has 176 valence electrons. The van der Waals surface area contributed by atoms with E-state index in [1.165, 1.54) is 6.92 Å². The van der Waals surface area contributed by atoms with Crippen molar-refractivity contribution in [2.45, 2.75) is 61.1 Å². The number of carbonyl (C=O) groups is 3. The Morgan fingerprint density at radius 2 is 1.58 bits per heavy atom. The minimum Gasteiger partial charge on any atom is -0.479 e. The average Bonchev–Trinajstić information content (AvgIpc) is 3.08. The molecule has 0 saturated carbocycles. The number of Topliss-reactive ketones (excluding diaryl/α,β-unsaturated/α-hetero) is 1. The van der Waals surface area contributed by atoms with Crippen LogP contribution < -0.4 is 10.5 Å². The molecule has 0 aliphatic heterocycles. The predicted molar refractivity (Wildman–Crippen MR) is 129 cm³/mol. The molecule has 0 spiro atoms. The SMILES string of the molecule is CC.Cc1c(C)c(C)c2c(c1OC(C)C(=O)O)c(C(=O)C(N)=O)c(C)n2Cc1ccccc1. The van der Waals surface area contributed by atoms with Crippen LogP contribution in [0.4, 0.5) is 0 Å². The number of ketones is 1. The third kappa shape index (κ3) is 4.77. The van der Waals surface area contributed by atoms with E-state index in [-0.39, 0.29) is 11.3 Å². The van der Waals surface area contributed by atoms with Crippen molar-refractivity contribution >= 4 is 28.6 Å². The number of aryl methyl sites for hydroxylation is 1. The number of amides is 1. The van der Waals surface area contributed by atoms with Crippen LogP contribution >= 0.6 is 0 Å². The van der Waals surface area contributed by atoms with Gasteiger partial charge in [0.05, 0.1) is 16.5 Å². The van der Waals surface area contributed by atoms with Gasteiger partial charge < -0.3 is 20.1 Å². The Kier molecular flexibility index (Phi) is 8.03. The molecule has 2 aromatic carbocycles. The summed E-state index contributed by atoms with van der Waals surface area (Å²) in [5.74, 6) is -2.75. The van der Waals surface area contributed by atoms with Crippen molar-refractivity contribution in [3.8, 4) is 5.75 Å². The van der Waals surface area contributed by atoms with Gasteiger partial charge in [-0.1, -0.05) is 44.2 Å². The molecule has 7 nitrogen and oxygen atoms in total. The first-order valence-corrected chi connectivity index (χ1v) is 11.0. The largest absolute Gasteiger partial charge is 0.479 e. The van der Waals surface area contributed by atoms with Crippen LogP contribution in [0.3, 0.4) is 0 Å². The maximum Gasteiger partial charge on any atom is 0.344 e. The van der Waals surface area contributed by atoms with E-state index in [1.807, 2.05) is 69.5 Å². The van der Waals surface area contributed by atoms with Crippen LogP contribution in [0.2, 0.25) is 0 Å². The fourth-order valence-electron chi connectivity index (χ4n) is 3.90. The summed E-state index contributed by atoms with van der Waals surface area (Å²) in [5, 5.41) is 9.80. The first kappa shape index (κ1) is 25.6. The summed E-state index contributed by atoms with van der Waals surface area (Å²) in [7, 11) is 0. The van der Waals surface area contributed by atoms with E-state index in [2.05, 4.69) is 0 Å². The third-order valence-corrected chi connectivity index (χ3v) is 5.85. The molecule has 1 unspecified atom stereocenters. The number of hydrogen-bond donors (Lipinski definition) is 2. The van der Waals surface area contributed by atoms with Crippen molar-refractivity contribution in [3.05, 3.63) is 63.8 Å². The van der Waals surface area contributed by atoms with Gasteiger partial charge >= 0.3 is 5.97 Å². The summed E-state index contributed by atoms with van der Waals surface area (Å²) in [6, 6.07) is 9.72. The Labute approximate surface area is 194 Å².